The summed E-state index contributed by atoms with van der Waals surface area (Å²) in [6.07, 6.45) is -4.31. The van der Waals surface area contributed by atoms with Gasteiger partial charge in [-0.1, -0.05) is 12.1 Å². The Hall–Kier alpha value is -2.30. The van der Waals surface area contributed by atoms with Crippen molar-refractivity contribution in [3.8, 4) is 0 Å². The van der Waals surface area contributed by atoms with E-state index in [1.807, 2.05) is 0 Å². The Morgan fingerprint density at radius 1 is 1.10 bits per heavy atom. The number of aryl methyl sites for hydroxylation is 1. The van der Waals surface area contributed by atoms with Gasteiger partial charge in [-0.25, -0.2) is 0 Å². The van der Waals surface area contributed by atoms with Gasteiger partial charge in [-0.2, -0.15) is 13.2 Å². The van der Waals surface area contributed by atoms with Crippen LogP contribution in [-0.4, -0.2) is 5.78 Å². The van der Waals surface area contributed by atoms with Crippen LogP contribution < -0.4 is 5.73 Å². The van der Waals surface area contributed by atoms with Crippen LogP contribution in [0.25, 0.3) is 0 Å². The number of alkyl halides is 3. The minimum Gasteiger partial charge on any atom is -0.399 e. The number of nitrogens with two attached hydrogens (primary N) is 1. The molecule has 2 nitrogen and oxygen atoms in total. The molecule has 0 bridgehead atoms. The highest BCUT2D eigenvalue weighted by atomic mass is 19.4. The van der Waals surface area contributed by atoms with Gasteiger partial charge < -0.3 is 5.73 Å². The van der Waals surface area contributed by atoms with Gasteiger partial charge in [-0.15, -0.1) is 0 Å². The summed E-state index contributed by atoms with van der Waals surface area (Å²) in [4.78, 5) is 12.2. The molecule has 0 saturated carbocycles. The van der Waals surface area contributed by atoms with Gasteiger partial charge in [0, 0.05) is 17.7 Å². The van der Waals surface area contributed by atoms with Crippen LogP contribution in [0.3, 0.4) is 0 Å². The summed E-state index contributed by atoms with van der Waals surface area (Å²) < 4.78 is 37.4. The molecule has 21 heavy (non-hydrogen) atoms. The topological polar surface area (TPSA) is 43.1 Å². The first-order chi connectivity index (χ1) is 9.77. The molecule has 0 aliphatic rings. The fourth-order valence-corrected chi connectivity index (χ4v) is 2.09. The smallest absolute Gasteiger partial charge is 0.399 e. The predicted octanol–water partition coefficient (Wildman–Crippen LogP) is 4.02. The van der Waals surface area contributed by atoms with Gasteiger partial charge >= 0.3 is 6.18 Å². The van der Waals surface area contributed by atoms with Crippen molar-refractivity contribution in [3.05, 3.63) is 64.7 Å². The lowest BCUT2D eigenvalue weighted by Crippen LogP contribution is -2.08. The number of ketones is 1. The standard InChI is InChI=1S/C16H14F3NO/c1-10-8-13(20)6-7-14(10)15(21)9-11-2-4-12(5-3-11)16(17,18)19/h2-8H,9,20H2,1H3. The van der Waals surface area contributed by atoms with Gasteiger partial charge in [0.15, 0.2) is 5.78 Å². The zero-order valence-corrected chi connectivity index (χ0v) is 11.4. The fraction of sp³-hybridized carbons (Fsp3) is 0.188. The maximum Gasteiger partial charge on any atom is 0.416 e. The third kappa shape index (κ3) is 3.62. The summed E-state index contributed by atoms with van der Waals surface area (Å²) >= 11 is 0. The number of hydrogen-bond acceptors (Lipinski definition) is 2. The zero-order chi connectivity index (χ0) is 15.6. The van der Waals surface area contributed by atoms with Crippen molar-refractivity contribution in [1.29, 1.82) is 0 Å². The largest absolute Gasteiger partial charge is 0.416 e. The van der Waals surface area contributed by atoms with Crippen molar-refractivity contribution in [2.24, 2.45) is 0 Å². The first-order valence-corrected chi connectivity index (χ1v) is 6.33. The molecule has 0 unspecified atom stereocenters. The molecule has 0 fully saturated rings. The van der Waals surface area contributed by atoms with E-state index in [4.69, 9.17) is 5.73 Å². The number of nitrogen functional groups attached to an aromatic ring is 1. The molecule has 0 aliphatic heterocycles. The van der Waals surface area contributed by atoms with Gasteiger partial charge in [0.2, 0.25) is 0 Å². The summed E-state index contributed by atoms with van der Waals surface area (Å²) in [5.74, 6) is -0.146. The maximum atomic E-state index is 12.5. The van der Waals surface area contributed by atoms with Crippen LogP contribution in [0.1, 0.15) is 27.0 Å². The van der Waals surface area contributed by atoms with E-state index < -0.39 is 11.7 Å². The van der Waals surface area contributed by atoms with Crippen LogP contribution in [0.5, 0.6) is 0 Å². The molecule has 110 valence electrons. The molecule has 0 saturated heterocycles. The van der Waals surface area contributed by atoms with Gasteiger partial charge in [-0.05, 0) is 48.4 Å². The quantitative estimate of drug-likeness (QED) is 0.686. The van der Waals surface area contributed by atoms with E-state index in [-0.39, 0.29) is 12.2 Å². The predicted molar refractivity (Wildman–Crippen MR) is 75.1 cm³/mol. The fourth-order valence-electron chi connectivity index (χ4n) is 2.09. The van der Waals surface area contributed by atoms with Gasteiger partial charge in [0.05, 0.1) is 5.56 Å². The second kappa shape index (κ2) is 5.60. The summed E-state index contributed by atoms with van der Waals surface area (Å²) in [7, 11) is 0. The van der Waals surface area contributed by atoms with Crippen molar-refractivity contribution < 1.29 is 18.0 Å². The molecule has 0 atom stereocenters. The lowest BCUT2D eigenvalue weighted by Gasteiger charge is -2.08. The van der Waals surface area contributed by atoms with Gasteiger partial charge in [0.1, 0.15) is 0 Å². The molecule has 2 rings (SSSR count). The lowest BCUT2D eigenvalue weighted by atomic mass is 9.98. The molecule has 0 aliphatic carbocycles. The molecular formula is C16H14F3NO. The summed E-state index contributed by atoms with van der Waals surface area (Å²) in [6, 6.07) is 9.58. The highest BCUT2D eigenvalue weighted by molar-refractivity contribution is 5.99. The Morgan fingerprint density at radius 3 is 2.24 bits per heavy atom. The molecule has 2 aromatic rings. The van der Waals surface area contributed by atoms with Crippen LogP contribution in [-0.2, 0) is 12.6 Å². The molecule has 0 heterocycles. The average molecular weight is 293 g/mol. The number of benzene rings is 2. The zero-order valence-electron chi connectivity index (χ0n) is 11.4. The second-order valence-corrected chi connectivity index (χ2v) is 4.87. The van der Waals surface area contributed by atoms with Crippen LogP contribution in [0.4, 0.5) is 18.9 Å². The van der Waals surface area contributed by atoms with Crippen molar-refractivity contribution >= 4 is 11.5 Å². The first-order valence-electron chi connectivity index (χ1n) is 6.33. The Kier molecular flexibility index (Phi) is 4.02. The highest BCUT2D eigenvalue weighted by Gasteiger charge is 2.29. The van der Waals surface area contributed by atoms with E-state index in [2.05, 4.69) is 0 Å². The van der Waals surface area contributed by atoms with E-state index in [1.54, 1.807) is 25.1 Å². The van der Waals surface area contributed by atoms with E-state index in [0.717, 1.165) is 17.7 Å². The molecule has 2 N–H and O–H groups in total. The SMILES string of the molecule is Cc1cc(N)ccc1C(=O)Cc1ccc(C(F)(F)F)cc1. The minimum absolute atomic E-state index is 0.0584. The molecule has 5 heteroatoms. The third-order valence-corrected chi connectivity index (χ3v) is 3.20. The Morgan fingerprint density at radius 2 is 1.71 bits per heavy atom. The molecular weight excluding hydrogens is 279 g/mol. The van der Waals surface area contributed by atoms with E-state index in [1.165, 1.54) is 12.1 Å². The normalized spacial score (nSPS) is 11.4. The average Bonchev–Trinajstić information content (AvgIpc) is 2.38. The third-order valence-electron chi connectivity index (χ3n) is 3.20. The number of halogens is 3. The van der Waals surface area contributed by atoms with Crippen LogP contribution in [0.15, 0.2) is 42.5 Å². The molecule has 0 radical (unpaired) electrons. The number of rotatable bonds is 3. The second-order valence-electron chi connectivity index (χ2n) is 4.87. The van der Waals surface area contributed by atoms with E-state index in [0.29, 0.717) is 16.8 Å². The first kappa shape index (κ1) is 15.1. The summed E-state index contributed by atoms with van der Waals surface area (Å²) in [5, 5.41) is 0. The van der Waals surface area contributed by atoms with Crippen LogP contribution in [0.2, 0.25) is 0 Å². The van der Waals surface area contributed by atoms with Crippen LogP contribution in [0, 0.1) is 6.92 Å². The lowest BCUT2D eigenvalue weighted by molar-refractivity contribution is -0.137. The van der Waals surface area contributed by atoms with E-state index in [9.17, 15) is 18.0 Å². The Balaban J connectivity index is 2.16. The van der Waals surface area contributed by atoms with Crippen molar-refractivity contribution in [1.82, 2.24) is 0 Å². The Labute approximate surface area is 120 Å². The summed E-state index contributed by atoms with van der Waals surface area (Å²) in [6.45, 7) is 1.77. The van der Waals surface area contributed by atoms with Crippen molar-refractivity contribution in [3.63, 3.8) is 0 Å². The number of hydrogen-bond donors (Lipinski definition) is 1. The monoisotopic (exact) mass is 293 g/mol. The highest BCUT2D eigenvalue weighted by Crippen LogP contribution is 2.29. The van der Waals surface area contributed by atoms with Gasteiger partial charge in [0.25, 0.3) is 0 Å². The van der Waals surface area contributed by atoms with Gasteiger partial charge in [-0.3, -0.25) is 4.79 Å². The van der Waals surface area contributed by atoms with Crippen molar-refractivity contribution in [2.75, 3.05) is 5.73 Å². The van der Waals surface area contributed by atoms with Crippen molar-refractivity contribution in [2.45, 2.75) is 19.5 Å². The van der Waals surface area contributed by atoms with Crippen LogP contribution >= 0.6 is 0 Å². The maximum absolute atomic E-state index is 12.5. The van der Waals surface area contributed by atoms with E-state index >= 15 is 0 Å². The molecule has 2 aromatic carbocycles. The molecule has 0 spiro atoms. The molecule has 0 aromatic heterocycles. The number of anilines is 1. The molecule has 0 amide bonds. The minimum atomic E-state index is -4.36. The summed E-state index contributed by atoms with van der Waals surface area (Å²) in [5.41, 5.74) is 7.30. The number of carbonyl (C=O) groups excluding carboxylic acids is 1. The number of Topliss-reactive ketones (excluding diaryl/α,β-unsaturated/α-hetero) is 1. The Bertz CT molecular complexity index is 660. The number of carbonyl (C=O) groups is 1.